The first-order valence-corrected chi connectivity index (χ1v) is 5.23. The van der Waals surface area contributed by atoms with E-state index in [0.717, 1.165) is 35.8 Å². The molecular formula is C10H15N5. The molecule has 0 aliphatic rings. The molecule has 2 aromatic heterocycles. The van der Waals surface area contributed by atoms with Crippen LogP contribution in [0.15, 0.2) is 6.33 Å². The zero-order valence-corrected chi connectivity index (χ0v) is 9.04. The lowest BCUT2D eigenvalue weighted by Crippen LogP contribution is -2.05. The van der Waals surface area contributed by atoms with E-state index in [9.17, 15) is 0 Å². The number of anilines is 1. The van der Waals surface area contributed by atoms with Crippen molar-refractivity contribution in [1.29, 1.82) is 0 Å². The number of fused-ring (bicyclic) bond motifs is 1. The Kier molecular flexibility index (Phi) is 2.80. The highest BCUT2D eigenvalue weighted by atomic mass is 15.1. The highest BCUT2D eigenvalue weighted by Crippen LogP contribution is 2.15. The Hall–Kier alpha value is -1.65. The fourth-order valence-electron chi connectivity index (χ4n) is 1.45. The highest BCUT2D eigenvalue weighted by Gasteiger charge is 2.06. The van der Waals surface area contributed by atoms with E-state index < -0.39 is 0 Å². The first kappa shape index (κ1) is 9.89. The number of aryl methyl sites for hydroxylation is 1. The average molecular weight is 205 g/mol. The summed E-state index contributed by atoms with van der Waals surface area (Å²) in [7, 11) is 0. The molecule has 2 heterocycles. The fraction of sp³-hybridized carbons (Fsp3) is 0.500. The molecule has 2 aromatic rings. The molecule has 0 saturated heterocycles. The van der Waals surface area contributed by atoms with Crippen LogP contribution >= 0.6 is 0 Å². The summed E-state index contributed by atoms with van der Waals surface area (Å²) in [5.41, 5.74) is 1.61. The number of aromatic nitrogens is 4. The van der Waals surface area contributed by atoms with Crippen molar-refractivity contribution in [2.75, 3.05) is 11.9 Å². The van der Waals surface area contributed by atoms with Crippen LogP contribution in [-0.2, 0) is 0 Å². The molecule has 5 heteroatoms. The van der Waals surface area contributed by atoms with Gasteiger partial charge in [0.1, 0.15) is 11.3 Å². The molecule has 0 atom stereocenters. The van der Waals surface area contributed by atoms with Crippen molar-refractivity contribution in [2.24, 2.45) is 0 Å². The number of imidazole rings is 1. The third kappa shape index (κ3) is 2.06. The third-order valence-electron chi connectivity index (χ3n) is 2.22. The molecule has 0 radical (unpaired) electrons. The third-order valence-corrected chi connectivity index (χ3v) is 2.22. The molecule has 80 valence electrons. The van der Waals surface area contributed by atoms with Crippen molar-refractivity contribution < 1.29 is 0 Å². The SMILES string of the molecule is CCCCNc1nc(C)nc2nc[nH]c12. The molecule has 2 N–H and O–H groups in total. The molecule has 0 aliphatic carbocycles. The molecule has 0 unspecified atom stereocenters. The maximum Gasteiger partial charge on any atom is 0.183 e. The van der Waals surface area contributed by atoms with Crippen molar-refractivity contribution in [2.45, 2.75) is 26.7 Å². The number of hydrogen-bond donors (Lipinski definition) is 2. The molecule has 0 amide bonds. The maximum absolute atomic E-state index is 4.35. The van der Waals surface area contributed by atoms with Crippen molar-refractivity contribution in [1.82, 2.24) is 19.9 Å². The zero-order valence-electron chi connectivity index (χ0n) is 9.04. The predicted octanol–water partition coefficient (Wildman–Crippen LogP) is 1.87. The van der Waals surface area contributed by atoms with Crippen molar-refractivity contribution >= 4 is 17.0 Å². The van der Waals surface area contributed by atoms with Gasteiger partial charge in [0.15, 0.2) is 11.5 Å². The second-order valence-corrected chi connectivity index (χ2v) is 3.50. The highest BCUT2D eigenvalue weighted by molar-refractivity contribution is 5.82. The van der Waals surface area contributed by atoms with Gasteiger partial charge < -0.3 is 10.3 Å². The average Bonchev–Trinajstić information content (AvgIpc) is 2.65. The van der Waals surface area contributed by atoms with E-state index in [1.807, 2.05) is 6.92 Å². The minimum Gasteiger partial charge on any atom is -0.368 e. The summed E-state index contributed by atoms with van der Waals surface area (Å²) < 4.78 is 0. The van der Waals surface area contributed by atoms with E-state index in [4.69, 9.17) is 0 Å². The molecule has 0 fully saturated rings. The lowest BCUT2D eigenvalue weighted by Gasteiger charge is -2.05. The summed E-state index contributed by atoms with van der Waals surface area (Å²) in [6.45, 7) is 4.97. The normalized spacial score (nSPS) is 10.8. The van der Waals surface area contributed by atoms with E-state index in [1.54, 1.807) is 6.33 Å². The number of nitrogens with one attached hydrogen (secondary N) is 2. The molecule has 15 heavy (non-hydrogen) atoms. The Bertz CT molecular complexity index is 448. The molecule has 0 aromatic carbocycles. The second kappa shape index (κ2) is 4.25. The van der Waals surface area contributed by atoms with Gasteiger partial charge >= 0.3 is 0 Å². The van der Waals surface area contributed by atoms with Crippen LogP contribution in [0.5, 0.6) is 0 Å². The molecule has 0 bridgehead atoms. The summed E-state index contributed by atoms with van der Waals surface area (Å²) in [6, 6.07) is 0. The summed E-state index contributed by atoms with van der Waals surface area (Å²) in [5.74, 6) is 1.59. The molecule has 0 saturated carbocycles. The van der Waals surface area contributed by atoms with Crippen LogP contribution in [0.1, 0.15) is 25.6 Å². The van der Waals surface area contributed by atoms with Crippen LogP contribution < -0.4 is 5.32 Å². The lowest BCUT2D eigenvalue weighted by atomic mass is 10.3. The van der Waals surface area contributed by atoms with Gasteiger partial charge in [-0.2, -0.15) is 0 Å². The minimum absolute atomic E-state index is 0.724. The fourth-order valence-corrected chi connectivity index (χ4v) is 1.45. The number of rotatable bonds is 4. The minimum atomic E-state index is 0.724. The lowest BCUT2D eigenvalue weighted by molar-refractivity contribution is 0.830. The standard InChI is InChI=1S/C10H15N5/c1-3-4-5-11-9-8-10(13-6-12-8)15-7(2)14-9/h6H,3-5H2,1-2H3,(H2,11,12,13,14,15). The summed E-state index contributed by atoms with van der Waals surface area (Å²) >= 11 is 0. The van der Waals surface area contributed by atoms with Gasteiger partial charge in [-0.25, -0.2) is 15.0 Å². The number of unbranched alkanes of at least 4 members (excludes halogenated alkanes) is 1. The van der Waals surface area contributed by atoms with Gasteiger partial charge in [0.25, 0.3) is 0 Å². The van der Waals surface area contributed by atoms with E-state index in [1.165, 1.54) is 6.42 Å². The van der Waals surface area contributed by atoms with E-state index in [0.29, 0.717) is 0 Å². The van der Waals surface area contributed by atoms with Gasteiger partial charge in [-0.05, 0) is 13.3 Å². The number of nitrogens with zero attached hydrogens (tertiary/aromatic N) is 3. The zero-order chi connectivity index (χ0) is 10.7. The van der Waals surface area contributed by atoms with Crippen LogP contribution in [0.3, 0.4) is 0 Å². The van der Waals surface area contributed by atoms with Crippen molar-refractivity contribution in [3.63, 3.8) is 0 Å². The van der Waals surface area contributed by atoms with Crippen LogP contribution in [0.4, 0.5) is 5.82 Å². The second-order valence-electron chi connectivity index (χ2n) is 3.50. The smallest absolute Gasteiger partial charge is 0.183 e. The molecule has 0 aliphatic heterocycles. The predicted molar refractivity (Wildman–Crippen MR) is 59.8 cm³/mol. The molecule has 0 spiro atoms. The monoisotopic (exact) mass is 205 g/mol. The van der Waals surface area contributed by atoms with Gasteiger partial charge in [-0.3, -0.25) is 0 Å². The Labute approximate surface area is 88.4 Å². The van der Waals surface area contributed by atoms with E-state index in [-0.39, 0.29) is 0 Å². The van der Waals surface area contributed by atoms with Gasteiger partial charge in [0.2, 0.25) is 0 Å². The largest absolute Gasteiger partial charge is 0.368 e. The van der Waals surface area contributed by atoms with Crippen LogP contribution in [0.2, 0.25) is 0 Å². The molecule has 2 rings (SSSR count). The van der Waals surface area contributed by atoms with Crippen LogP contribution in [0, 0.1) is 6.92 Å². The van der Waals surface area contributed by atoms with Gasteiger partial charge in [-0.15, -0.1) is 0 Å². The van der Waals surface area contributed by atoms with E-state index >= 15 is 0 Å². The first-order valence-electron chi connectivity index (χ1n) is 5.23. The van der Waals surface area contributed by atoms with Gasteiger partial charge in [-0.1, -0.05) is 13.3 Å². The summed E-state index contributed by atoms with van der Waals surface area (Å²) in [6.07, 6.45) is 3.95. The Morgan fingerprint density at radius 2 is 2.27 bits per heavy atom. The number of aromatic amines is 1. The van der Waals surface area contributed by atoms with E-state index in [2.05, 4.69) is 32.2 Å². The van der Waals surface area contributed by atoms with Gasteiger partial charge in [0.05, 0.1) is 6.33 Å². The quantitative estimate of drug-likeness (QED) is 0.748. The van der Waals surface area contributed by atoms with Crippen LogP contribution in [-0.4, -0.2) is 26.5 Å². The van der Waals surface area contributed by atoms with Crippen molar-refractivity contribution in [3.05, 3.63) is 12.2 Å². The number of H-pyrrole nitrogens is 1. The Balaban J connectivity index is 2.27. The number of hydrogen-bond acceptors (Lipinski definition) is 4. The first-order chi connectivity index (χ1) is 7.31. The Morgan fingerprint density at radius 1 is 1.40 bits per heavy atom. The summed E-state index contributed by atoms with van der Waals surface area (Å²) in [4.78, 5) is 15.7. The van der Waals surface area contributed by atoms with Gasteiger partial charge in [0, 0.05) is 6.54 Å². The molecule has 5 nitrogen and oxygen atoms in total. The van der Waals surface area contributed by atoms with Crippen LogP contribution in [0.25, 0.3) is 11.2 Å². The Morgan fingerprint density at radius 3 is 3.07 bits per heavy atom. The summed E-state index contributed by atoms with van der Waals surface area (Å²) in [5, 5.41) is 3.29. The molecular weight excluding hydrogens is 190 g/mol. The van der Waals surface area contributed by atoms with Crippen molar-refractivity contribution in [3.8, 4) is 0 Å². The maximum atomic E-state index is 4.35. The topological polar surface area (TPSA) is 66.5 Å².